The number of ketones is 2. The fraction of sp³-hybridized carbons (Fsp3) is 0.462. The Morgan fingerprint density at radius 2 is 1.68 bits per heavy atom. The molecule has 8 unspecified atom stereocenters. The van der Waals surface area contributed by atoms with Crippen molar-refractivity contribution in [2.24, 2.45) is 0 Å². The number of hydrogen-bond acceptors (Lipinski definition) is 15. The normalized spacial score (nSPS) is 32.6. The molecule has 0 spiro atoms. The first kappa shape index (κ1) is 29.1. The maximum Gasteiger partial charge on any atom is 0.237 e. The molecular formula is C26H28O15. The van der Waals surface area contributed by atoms with E-state index in [2.05, 4.69) is 0 Å². The highest BCUT2D eigenvalue weighted by atomic mass is 16.7. The topological polar surface area (TPSA) is 231 Å². The maximum absolute atomic E-state index is 12.8. The van der Waals surface area contributed by atoms with Crippen LogP contribution in [-0.2, 0) is 14.2 Å². The fourth-order valence-corrected chi connectivity index (χ4v) is 4.48. The van der Waals surface area contributed by atoms with Gasteiger partial charge in [0.15, 0.2) is 17.8 Å². The zero-order chi connectivity index (χ0) is 29.5. The molecule has 15 heteroatoms. The van der Waals surface area contributed by atoms with Gasteiger partial charge in [-0.15, -0.1) is 0 Å². The first-order valence-electron chi connectivity index (χ1n) is 12.4. The Kier molecular flexibility index (Phi) is 8.15. The number of carbonyl (C=O) groups excluding carboxylic acids is 2. The monoisotopic (exact) mass is 580 g/mol. The number of benzene rings is 2. The number of aliphatic hydroxyl groups is 6. The Labute approximate surface area is 231 Å². The minimum absolute atomic E-state index is 0.0145. The number of carbonyl (C=O) groups is 2. The molecule has 0 saturated carbocycles. The molecule has 41 heavy (non-hydrogen) atoms. The molecule has 0 amide bonds. The van der Waals surface area contributed by atoms with E-state index in [4.69, 9.17) is 28.4 Å². The van der Waals surface area contributed by atoms with Crippen LogP contribution in [0, 0.1) is 0 Å². The molecule has 3 heterocycles. The van der Waals surface area contributed by atoms with Gasteiger partial charge in [-0.3, -0.25) is 9.59 Å². The van der Waals surface area contributed by atoms with Crippen LogP contribution in [0.2, 0.25) is 0 Å². The summed E-state index contributed by atoms with van der Waals surface area (Å²) in [6.07, 6.45) is -11.1. The Morgan fingerprint density at radius 1 is 0.927 bits per heavy atom. The lowest BCUT2D eigenvalue weighted by Crippen LogP contribution is -2.60. The van der Waals surface area contributed by atoms with Crippen molar-refractivity contribution in [3.63, 3.8) is 0 Å². The van der Waals surface area contributed by atoms with E-state index in [1.54, 1.807) is 0 Å². The van der Waals surface area contributed by atoms with E-state index in [1.807, 2.05) is 0 Å². The fourth-order valence-electron chi connectivity index (χ4n) is 4.48. The maximum atomic E-state index is 12.8. The van der Waals surface area contributed by atoms with Gasteiger partial charge in [-0.1, -0.05) is 0 Å². The summed E-state index contributed by atoms with van der Waals surface area (Å²) >= 11 is 0. The van der Waals surface area contributed by atoms with Crippen molar-refractivity contribution in [2.75, 3.05) is 26.6 Å². The minimum Gasteiger partial charge on any atom is -0.507 e. The van der Waals surface area contributed by atoms with Crippen molar-refractivity contribution in [3.8, 4) is 23.0 Å². The largest absolute Gasteiger partial charge is 0.507 e. The van der Waals surface area contributed by atoms with Crippen molar-refractivity contribution in [3.05, 3.63) is 47.5 Å². The molecule has 2 aromatic rings. The predicted octanol–water partition coefficient (Wildman–Crippen LogP) is -2.17. The first-order chi connectivity index (χ1) is 19.5. The number of hydrogen-bond donors (Lipinski definition) is 7. The van der Waals surface area contributed by atoms with Crippen LogP contribution in [0.5, 0.6) is 23.0 Å². The van der Waals surface area contributed by atoms with Crippen LogP contribution < -0.4 is 14.2 Å². The van der Waals surface area contributed by atoms with Crippen LogP contribution in [0.25, 0.3) is 0 Å². The molecule has 7 N–H and O–H groups in total. The first-order valence-corrected chi connectivity index (χ1v) is 12.4. The average molecular weight is 580 g/mol. The van der Waals surface area contributed by atoms with Crippen molar-refractivity contribution >= 4 is 11.6 Å². The zero-order valence-corrected chi connectivity index (χ0v) is 21.2. The highest BCUT2D eigenvalue weighted by molar-refractivity contribution is 6.49. The van der Waals surface area contributed by atoms with Gasteiger partial charge in [0, 0.05) is 11.6 Å². The van der Waals surface area contributed by atoms with E-state index >= 15 is 0 Å². The molecule has 2 saturated heterocycles. The Bertz CT molecular complexity index is 1300. The predicted molar refractivity (Wildman–Crippen MR) is 130 cm³/mol. The van der Waals surface area contributed by atoms with Gasteiger partial charge >= 0.3 is 0 Å². The summed E-state index contributed by atoms with van der Waals surface area (Å²) in [5.41, 5.74) is -2.25. The van der Waals surface area contributed by atoms with Crippen LogP contribution in [0.1, 0.15) is 20.7 Å². The van der Waals surface area contributed by atoms with Gasteiger partial charge in [0.2, 0.25) is 24.6 Å². The lowest BCUT2D eigenvalue weighted by atomic mass is 9.99. The van der Waals surface area contributed by atoms with Gasteiger partial charge in [0.1, 0.15) is 47.6 Å². The number of phenolic OH excluding ortho intramolecular Hbond substituents is 1. The van der Waals surface area contributed by atoms with Crippen molar-refractivity contribution < 1.29 is 73.8 Å². The van der Waals surface area contributed by atoms with Crippen LogP contribution >= 0.6 is 0 Å². The van der Waals surface area contributed by atoms with Gasteiger partial charge in [0.25, 0.3) is 0 Å². The SMILES string of the molecule is O=C(C(=O)c1ccc(OC2OC(COC3OCC(O)(CO)C3O)C(O)C(O)C2O)cc1O)c1ccc2c(c1)OCO2. The van der Waals surface area contributed by atoms with Gasteiger partial charge in [-0.2, -0.15) is 0 Å². The smallest absolute Gasteiger partial charge is 0.237 e. The average Bonchev–Trinajstić information content (AvgIpc) is 3.56. The second-order valence-corrected chi connectivity index (χ2v) is 9.76. The number of fused-ring (bicyclic) bond motifs is 1. The van der Waals surface area contributed by atoms with Gasteiger partial charge < -0.3 is 64.2 Å². The third-order valence-corrected chi connectivity index (χ3v) is 6.98. The summed E-state index contributed by atoms with van der Waals surface area (Å²) in [5.74, 6) is -1.93. The molecule has 0 radical (unpaired) electrons. The van der Waals surface area contributed by atoms with E-state index in [0.29, 0.717) is 11.5 Å². The number of aliphatic hydroxyl groups excluding tert-OH is 5. The van der Waals surface area contributed by atoms with Crippen LogP contribution in [-0.4, -0.2) is 123 Å². The number of rotatable bonds is 9. The summed E-state index contributed by atoms with van der Waals surface area (Å²) < 4.78 is 31.9. The molecule has 0 bridgehead atoms. The summed E-state index contributed by atoms with van der Waals surface area (Å²) in [6, 6.07) is 7.56. The lowest BCUT2D eigenvalue weighted by Gasteiger charge is -2.40. The third kappa shape index (κ3) is 5.59. The van der Waals surface area contributed by atoms with Crippen molar-refractivity contribution in [1.29, 1.82) is 0 Å². The molecule has 15 nitrogen and oxygen atoms in total. The van der Waals surface area contributed by atoms with Crippen molar-refractivity contribution in [1.82, 2.24) is 0 Å². The Hall–Kier alpha value is -3.38. The molecule has 3 aliphatic heterocycles. The molecule has 5 rings (SSSR count). The molecule has 8 atom stereocenters. The van der Waals surface area contributed by atoms with Crippen LogP contribution in [0.4, 0.5) is 0 Å². The number of phenols is 1. The van der Waals surface area contributed by atoms with Crippen LogP contribution in [0.15, 0.2) is 36.4 Å². The van der Waals surface area contributed by atoms with E-state index in [0.717, 1.165) is 12.1 Å². The third-order valence-electron chi connectivity index (χ3n) is 6.98. The molecule has 0 aliphatic carbocycles. The second-order valence-electron chi connectivity index (χ2n) is 9.76. The summed E-state index contributed by atoms with van der Waals surface area (Å²) in [6.45, 7) is -1.71. The van der Waals surface area contributed by atoms with Gasteiger partial charge in [-0.25, -0.2) is 0 Å². The van der Waals surface area contributed by atoms with Gasteiger partial charge in [-0.05, 0) is 30.3 Å². The Morgan fingerprint density at radius 3 is 2.39 bits per heavy atom. The lowest BCUT2D eigenvalue weighted by molar-refractivity contribution is -0.289. The number of Topliss-reactive ketones (excluding diaryl/α,β-unsaturated/α-hetero) is 2. The minimum atomic E-state index is -1.94. The van der Waals surface area contributed by atoms with E-state index in [-0.39, 0.29) is 23.7 Å². The molecule has 0 aromatic heterocycles. The molecule has 2 fully saturated rings. The second kappa shape index (κ2) is 11.5. The number of ether oxygens (including phenoxy) is 6. The highest BCUT2D eigenvalue weighted by Crippen LogP contribution is 2.34. The molecule has 222 valence electrons. The van der Waals surface area contributed by atoms with Gasteiger partial charge in [0.05, 0.1) is 25.4 Å². The number of aromatic hydroxyl groups is 1. The van der Waals surface area contributed by atoms with Crippen molar-refractivity contribution in [2.45, 2.75) is 48.7 Å². The highest BCUT2D eigenvalue weighted by Gasteiger charge is 2.50. The summed E-state index contributed by atoms with van der Waals surface area (Å²) in [4.78, 5) is 25.5. The van der Waals surface area contributed by atoms with Crippen LogP contribution in [0.3, 0.4) is 0 Å². The zero-order valence-electron chi connectivity index (χ0n) is 21.2. The summed E-state index contributed by atoms with van der Waals surface area (Å²) in [7, 11) is 0. The standard InChI is InChI=1S/C26H28O15/c27-8-26(35)9-37-25(23(26)34)36-7-17-20(31)21(32)22(33)24(41-17)40-12-2-3-13(14(28)6-12)19(30)18(29)11-1-4-15-16(5-11)39-10-38-15/h1-6,17,20-25,27-28,31-35H,7-10H2. The van der Waals surface area contributed by atoms with E-state index in [9.17, 15) is 45.3 Å². The Balaban J connectivity index is 1.23. The van der Waals surface area contributed by atoms with E-state index in [1.165, 1.54) is 24.3 Å². The molecular weight excluding hydrogens is 552 g/mol. The quantitative estimate of drug-likeness (QED) is 0.124. The van der Waals surface area contributed by atoms with E-state index < -0.39 is 85.8 Å². The molecule has 2 aromatic carbocycles. The summed E-state index contributed by atoms with van der Waals surface area (Å²) in [5, 5.41) is 70.9. The molecule has 3 aliphatic rings.